The Morgan fingerprint density at radius 2 is 2.11 bits per heavy atom. The first-order chi connectivity index (χ1) is 8.74. The van der Waals surface area contributed by atoms with E-state index in [1.54, 1.807) is 18.3 Å². The molecule has 0 saturated heterocycles. The van der Waals surface area contributed by atoms with Crippen molar-refractivity contribution in [1.29, 1.82) is 0 Å². The van der Waals surface area contributed by atoms with E-state index in [1.165, 1.54) is 6.20 Å². The smallest absolute Gasteiger partial charge is 0.224 e. The van der Waals surface area contributed by atoms with Gasteiger partial charge in [-0.1, -0.05) is 17.7 Å². The summed E-state index contributed by atoms with van der Waals surface area (Å²) < 4.78 is 0. The Morgan fingerprint density at radius 3 is 2.78 bits per heavy atom. The van der Waals surface area contributed by atoms with Crippen LogP contribution in [-0.2, 0) is 11.2 Å². The van der Waals surface area contributed by atoms with E-state index in [-0.39, 0.29) is 5.91 Å². The molecular weight excluding hydrogens is 250 g/mol. The number of aromatic nitrogens is 2. The molecule has 0 radical (unpaired) electrons. The van der Waals surface area contributed by atoms with E-state index in [9.17, 15) is 4.79 Å². The quantitative estimate of drug-likeness (QED) is 0.861. The molecule has 18 heavy (non-hydrogen) atoms. The van der Waals surface area contributed by atoms with Crippen LogP contribution in [0.2, 0.25) is 5.15 Å². The van der Waals surface area contributed by atoms with Crippen molar-refractivity contribution < 1.29 is 4.79 Å². The molecule has 2 rings (SSSR count). The van der Waals surface area contributed by atoms with Gasteiger partial charge in [-0.25, -0.2) is 4.98 Å². The molecule has 0 aliphatic heterocycles. The molecule has 2 heterocycles. The molecule has 0 aliphatic rings. The predicted molar refractivity (Wildman–Crippen MR) is 70.4 cm³/mol. The molecule has 92 valence electrons. The molecule has 2 aromatic heterocycles. The third-order valence-corrected chi connectivity index (χ3v) is 2.57. The molecule has 1 N–H and O–H groups in total. The third-order valence-electron chi connectivity index (χ3n) is 2.35. The highest BCUT2D eigenvalue weighted by Crippen LogP contribution is 2.10. The van der Waals surface area contributed by atoms with E-state index in [0.29, 0.717) is 23.7 Å². The number of amides is 1. The largest absolute Gasteiger partial charge is 0.325 e. The van der Waals surface area contributed by atoms with Crippen molar-refractivity contribution >= 4 is 23.2 Å². The average molecular weight is 262 g/mol. The zero-order chi connectivity index (χ0) is 12.8. The fraction of sp³-hybridized carbons (Fsp3) is 0.154. The monoisotopic (exact) mass is 261 g/mol. The normalized spacial score (nSPS) is 10.1. The van der Waals surface area contributed by atoms with Crippen molar-refractivity contribution in [3.05, 3.63) is 53.6 Å². The van der Waals surface area contributed by atoms with Crippen LogP contribution in [0.5, 0.6) is 0 Å². The number of hydrogen-bond acceptors (Lipinski definition) is 3. The second kappa shape index (κ2) is 6.12. The number of rotatable bonds is 4. The zero-order valence-corrected chi connectivity index (χ0v) is 10.4. The SMILES string of the molecule is O=C(CCc1ccccn1)Nc1ccc(Cl)nc1. The molecule has 0 bridgehead atoms. The van der Waals surface area contributed by atoms with Crippen LogP contribution in [0.4, 0.5) is 5.69 Å². The summed E-state index contributed by atoms with van der Waals surface area (Å²) in [7, 11) is 0. The lowest BCUT2D eigenvalue weighted by Gasteiger charge is -2.04. The van der Waals surface area contributed by atoms with Crippen molar-refractivity contribution in [3.63, 3.8) is 0 Å². The van der Waals surface area contributed by atoms with Crippen LogP contribution in [0.1, 0.15) is 12.1 Å². The second-order valence-electron chi connectivity index (χ2n) is 3.74. The summed E-state index contributed by atoms with van der Waals surface area (Å²) in [5, 5.41) is 3.16. The Hall–Kier alpha value is -1.94. The van der Waals surface area contributed by atoms with Gasteiger partial charge in [0.1, 0.15) is 5.15 Å². The highest BCUT2D eigenvalue weighted by molar-refractivity contribution is 6.29. The fourth-order valence-corrected chi connectivity index (χ4v) is 1.57. The Balaban J connectivity index is 1.84. The van der Waals surface area contributed by atoms with Crippen molar-refractivity contribution in [3.8, 4) is 0 Å². The maximum atomic E-state index is 11.7. The summed E-state index contributed by atoms with van der Waals surface area (Å²) in [5.74, 6) is -0.0650. The van der Waals surface area contributed by atoms with E-state index in [1.807, 2.05) is 18.2 Å². The first-order valence-electron chi connectivity index (χ1n) is 5.55. The van der Waals surface area contributed by atoms with Crippen molar-refractivity contribution in [2.45, 2.75) is 12.8 Å². The molecule has 0 unspecified atom stereocenters. The van der Waals surface area contributed by atoms with Gasteiger partial charge in [0.15, 0.2) is 0 Å². The van der Waals surface area contributed by atoms with Gasteiger partial charge in [-0.2, -0.15) is 0 Å². The fourth-order valence-electron chi connectivity index (χ4n) is 1.46. The minimum Gasteiger partial charge on any atom is -0.325 e. The standard InChI is InChI=1S/C13H12ClN3O/c14-12-6-4-11(9-16-12)17-13(18)7-5-10-3-1-2-8-15-10/h1-4,6,8-9H,5,7H2,(H,17,18). The van der Waals surface area contributed by atoms with Crippen molar-refractivity contribution in [2.24, 2.45) is 0 Å². The van der Waals surface area contributed by atoms with Crippen LogP contribution in [-0.4, -0.2) is 15.9 Å². The third kappa shape index (κ3) is 3.82. The first kappa shape index (κ1) is 12.5. The van der Waals surface area contributed by atoms with E-state index >= 15 is 0 Å². The highest BCUT2D eigenvalue weighted by Gasteiger charge is 2.03. The molecule has 1 amide bonds. The van der Waals surface area contributed by atoms with Gasteiger partial charge in [-0.05, 0) is 30.7 Å². The Morgan fingerprint density at radius 1 is 1.22 bits per heavy atom. The molecular formula is C13H12ClN3O. The Labute approximate surface area is 110 Å². The number of pyridine rings is 2. The topological polar surface area (TPSA) is 54.9 Å². The number of aryl methyl sites for hydroxylation is 1. The van der Waals surface area contributed by atoms with Crippen LogP contribution in [0.3, 0.4) is 0 Å². The van der Waals surface area contributed by atoms with E-state index in [2.05, 4.69) is 15.3 Å². The van der Waals surface area contributed by atoms with Gasteiger partial charge >= 0.3 is 0 Å². The molecule has 0 aromatic carbocycles. The second-order valence-corrected chi connectivity index (χ2v) is 4.13. The van der Waals surface area contributed by atoms with Gasteiger partial charge in [0.25, 0.3) is 0 Å². The predicted octanol–water partition coefficient (Wildman–Crippen LogP) is 2.70. The number of carbonyl (C=O) groups is 1. The number of nitrogens with zero attached hydrogens (tertiary/aromatic N) is 2. The van der Waals surface area contributed by atoms with Gasteiger partial charge in [-0.3, -0.25) is 9.78 Å². The van der Waals surface area contributed by atoms with Crippen LogP contribution in [0.15, 0.2) is 42.7 Å². The number of anilines is 1. The lowest BCUT2D eigenvalue weighted by molar-refractivity contribution is -0.116. The molecule has 0 atom stereocenters. The molecule has 0 spiro atoms. The zero-order valence-electron chi connectivity index (χ0n) is 9.64. The molecule has 0 aliphatic carbocycles. The first-order valence-corrected chi connectivity index (χ1v) is 5.93. The number of hydrogen-bond donors (Lipinski definition) is 1. The maximum absolute atomic E-state index is 11.7. The van der Waals surface area contributed by atoms with Crippen LogP contribution in [0.25, 0.3) is 0 Å². The maximum Gasteiger partial charge on any atom is 0.224 e. The van der Waals surface area contributed by atoms with E-state index in [0.717, 1.165) is 5.69 Å². The van der Waals surface area contributed by atoms with E-state index < -0.39 is 0 Å². The van der Waals surface area contributed by atoms with Crippen LogP contribution >= 0.6 is 11.6 Å². The summed E-state index contributed by atoms with van der Waals surface area (Å²) in [6, 6.07) is 9.01. The Kier molecular flexibility index (Phi) is 4.25. The van der Waals surface area contributed by atoms with Crippen molar-refractivity contribution in [1.82, 2.24) is 9.97 Å². The van der Waals surface area contributed by atoms with Gasteiger partial charge in [0, 0.05) is 18.3 Å². The summed E-state index contributed by atoms with van der Waals surface area (Å²) in [5.41, 5.74) is 1.55. The highest BCUT2D eigenvalue weighted by atomic mass is 35.5. The van der Waals surface area contributed by atoms with Gasteiger partial charge < -0.3 is 5.32 Å². The minimum absolute atomic E-state index is 0.0650. The number of halogens is 1. The summed E-state index contributed by atoms with van der Waals surface area (Å²) in [6.45, 7) is 0. The molecule has 4 nitrogen and oxygen atoms in total. The number of carbonyl (C=O) groups excluding carboxylic acids is 1. The molecule has 0 saturated carbocycles. The lowest BCUT2D eigenvalue weighted by atomic mass is 10.2. The van der Waals surface area contributed by atoms with Crippen molar-refractivity contribution in [2.75, 3.05) is 5.32 Å². The summed E-state index contributed by atoms with van der Waals surface area (Å²) in [6.07, 6.45) is 4.25. The van der Waals surface area contributed by atoms with E-state index in [4.69, 9.17) is 11.6 Å². The minimum atomic E-state index is -0.0650. The Bertz CT molecular complexity index is 514. The van der Waals surface area contributed by atoms with Gasteiger partial charge in [0.05, 0.1) is 11.9 Å². The summed E-state index contributed by atoms with van der Waals surface area (Å²) in [4.78, 5) is 19.7. The molecule has 5 heteroatoms. The van der Waals surface area contributed by atoms with Crippen LogP contribution < -0.4 is 5.32 Å². The van der Waals surface area contributed by atoms with Gasteiger partial charge in [0.2, 0.25) is 5.91 Å². The van der Waals surface area contributed by atoms with Gasteiger partial charge in [-0.15, -0.1) is 0 Å². The lowest BCUT2D eigenvalue weighted by Crippen LogP contribution is -2.12. The van der Waals surface area contributed by atoms with Crippen LogP contribution in [0, 0.1) is 0 Å². The molecule has 2 aromatic rings. The number of nitrogens with one attached hydrogen (secondary N) is 1. The average Bonchev–Trinajstić information content (AvgIpc) is 2.40. The summed E-state index contributed by atoms with van der Waals surface area (Å²) >= 11 is 5.66. The molecule has 0 fully saturated rings.